The topological polar surface area (TPSA) is 82.0 Å². The Kier molecular flexibility index (Phi) is 5.41. The molecule has 5 nitrogen and oxygen atoms in total. The van der Waals surface area contributed by atoms with Crippen LogP contribution in [0.1, 0.15) is 15.9 Å². The van der Waals surface area contributed by atoms with Crippen molar-refractivity contribution in [3.63, 3.8) is 0 Å². The average molecular weight is 293 g/mol. The van der Waals surface area contributed by atoms with Crippen molar-refractivity contribution in [2.75, 3.05) is 18.4 Å². The third-order valence-corrected chi connectivity index (χ3v) is 2.96. The normalized spacial score (nSPS) is 9.77. The molecule has 0 aliphatic heterocycles. The summed E-state index contributed by atoms with van der Waals surface area (Å²) in [7, 11) is 0. The van der Waals surface area contributed by atoms with Crippen LogP contribution in [0.3, 0.4) is 0 Å². The molecule has 0 heterocycles. The molecule has 22 heavy (non-hydrogen) atoms. The molecule has 0 atom stereocenters. The predicted octanol–water partition coefficient (Wildman–Crippen LogP) is 1.97. The highest BCUT2D eigenvalue weighted by atomic mass is 16.2. The number of hydrogen-bond donors (Lipinski definition) is 2. The Morgan fingerprint density at radius 3 is 2.23 bits per heavy atom. The SMILES string of the molecule is N#CCNCC(=O)Nc1ccc(C(=O)c2ccccc2)cc1. The number of benzene rings is 2. The Morgan fingerprint density at radius 1 is 0.955 bits per heavy atom. The van der Waals surface area contributed by atoms with E-state index in [4.69, 9.17) is 5.26 Å². The van der Waals surface area contributed by atoms with Crippen molar-refractivity contribution < 1.29 is 9.59 Å². The number of amides is 1. The molecule has 1 amide bonds. The van der Waals surface area contributed by atoms with Crippen molar-refractivity contribution in [1.29, 1.82) is 5.26 Å². The lowest BCUT2D eigenvalue weighted by molar-refractivity contribution is -0.115. The van der Waals surface area contributed by atoms with E-state index in [1.807, 2.05) is 24.3 Å². The highest BCUT2D eigenvalue weighted by Gasteiger charge is 2.08. The van der Waals surface area contributed by atoms with E-state index in [0.717, 1.165) is 0 Å². The molecule has 0 radical (unpaired) electrons. The maximum absolute atomic E-state index is 12.2. The summed E-state index contributed by atoms with van der Waals surface area (Å²) < 4.78 is 0. The second-order valence-corrected chi connectivity index (χ2v) is 4.58. The van der Waals surface area contributed by atoms with Crippen molar-refractivity contribution in [3.05, 3.63) is 65.7 Å². The number of rotatable bonds is 6. The summed E-state index contributed by atoms with van der Waals surface area (Å²) in [4.78, 5) is 23.8. The maximum Gasteiger partial charge on any atom is 0.238 e. The van der Waals surface area contributed by atoms with E-state index < -0.39 is 0 Å². The Hall–Kier alpha value is -2.97. The number of carbonyl (C=O) groups excluding carboxylic acids is 2. The molecule has 110 valence electrons. The molecule has 0 spiro atoms. The Morgan fingerprint density at radius 2 is 1.59 bits per heavy atom. The minimum atomic E-state index is -0.239. The number of anilines is 1. The van der Waals surface area contributed by atoms with Gasteiger partial charge in [-0.3, -0.25) is 14.9 Å². The standard InChI is InChI=1S/C17H15N3O2/c18-10-11-19-12-16(21)20-15-8-6-14(7-9-15)17(22)13-4-2-1-3-5-13/h1-9,19H,11-12H2,(H,20,21). The first-order valence-electron chi connectivity index (χ1n) is 6.78. The van der Waals surface area contributed by atoms with Gasteiger partial charge in [0.05, 0.1) is 19.2 Å². The number of nitrogens with zero attached hydrogens (tertiary/aromatic N) is 1. The van der Waals surface area contributed by atoms with Gasteiger partial charge in [0.25, 0.3) is 0 Å². The van der Waals surface area contributed by atoms with E-state index >= 15 is 0 Å². The number of hydrogen-bond acceptors (Lipinski definition) is 4. The van der Waals surface area contributed by atoms with E-state index in [1.165, 1.54) is 0 Å². The van der Waals surface area contributed by atoms with Gasteiger partial charge in [0.15, 0.2) is 5.78 Å². The largest absolute Gasteiger partial charge is 0.325 e. The van der Waals surface area contributed by atoms with Gasteiger partial charge in [-0.1, -0.05) is 30.3 Å². The fourth-order valence-corrected chi connectivity index (χ4v) is 1.90. The van der Waals surface area contributed by atoms with E-state index in [1.54, 1.807) is 36.4 Å². The summed E-state index contributed by atoms with van der Waals surface area (Å²) >= 11 is 0. The maximum atomic E-state index is 12.2. The molecule has 0 aliphatic rings. The summed E-state index contributed by atoms with van der Waals surface area (Å²) in [6.45, 7) is 0.191. The molecule has 2 aromatic carbocycles. The minimum absolute atomic E-state index is 0.0610. The van der Waals surface area contributed by atoms with Gasteiger partial charge in [-0.15, -0.1) is 0 Å². The van der Waals surface area contributed by atoms with Crippen LogP contribution in [0, 0.1) is 11.3 Å². The van der Waals surface area contributed by atoms with E-state index in [-0.39, 0.29) is 24.8 Å². The molecule has 0 bridgehead atoms. The van der Waals surface area contributed by atoms with Crippen molar-refractivity contribution in [2.24, 2.45) is 0 Å². The van der Waals surface area contributed by atoms with Gasteiger partial charge in [-0.25, -0.2) is 0 Å². The summed E-state index contributed by atoms with van der Waals surface area (Å²) in [6.07, 6.45) is 0. The van der Waals surface area contributed by atoms with Crippen LogP contribution in [0.4, 0.5) is 5.69 Å². The van der Waals surface area contributed by atoms with Gasteiger partial charge >= 0.3 is 0 Å². The lowest BCUT2D eigenvalue weighted by Gasteiger charge is -2.06. The van der Waals surface area contributed by atoms with Crippen LogP contribution in [0.15, 0.2) is 54.6 Å². The van der Waals surface area contributed by atoms with Gasteiger partial charge in [0, 0.05) is 16.8 Å². The molecular formula is C17H15N3O2. The Bertz CT molecular complexity index is 688. The molecule has 2 rings (SSSR count). The lowest BCUT2D eigenvalue weighted by Crippen LogP contribution is -2.28. The molecule has 0 saturated heterocycles. The Balaban J connectivity index is 1.97. The molecule has 0 unspecified atom stereocenters. The van der Waals surface area contributed by atoms with Crippen LogP contribution >= 0.6 is 0 Å². The quantitative estimate of drug-likeness (QED) is 0.484. The average Bonchev–Trinajstić information content (AvgIpc) is 2.56. The zero-order valence-electron chi connectivity index (χ0n) is 11.9. The van der Waals surface area contributed by atoms with E-state index in [9.17, 15) is 9.59 Å². The number of carbonyl (C=O) groups is 2. The summed E-state index contributed by atoms with van der Waals surface area (Å²) in [5.74, 6) is -0.299. The zero-order chi connectivity index (χ0) is 15.8. The van der Waals surface area contributed by atoms with Crippen LogP contribution in [-0.4, -0.2) is 24.8 Å². The molecule has 5 heteroatoms. The Labute approximate surface area is 128 Å². The molecule has 0 fully saturated rings. The van der Waals surface area contributed by atoms with Gasteiger partial charge in [-0.05, 0) is 24.3 Å². The van der Waals surface area contributed by atoms with Gasteiger partial charge in [0.1, 0.15) is 0 Å². The first kappa shape index (κ1) is 15.4. The van der Waals surface area contributed by atoms with Crippen LogP contribution in [0.25, 0.3) is 0 Å². The van der Waals surface area contributed by atoms with Crippen LogP contribution in [0.2, 0.25) is 0 Å². The van der Waals surface area contributed by atoms with Crippen LogP contribution in [-0.2, 0) is 4.79 Å². The minimum Gasteiger partial charge on any atom is -0.325 e. The van der Waals surface area contributed by atoms with Crippen molar-refractivity contribution in [2.45, 2.75) is 0 Å². The molecule has 0 aliphatic carbocycles. The molecule has 0 aromatic heterocycles. The van der Waals surface area contributed by atoms with Crippen molar-refractivity contribution in [3.8, 4) is 6.07 Å². The third-order valence-electron chi connectivity index (χ3n) is 2.96. The predicted molar refractivity (Wildman–Crippen MR) is 83.4 cm³/mol. The van der Waals surface area contributed by atoms with Crippen LogP contribution in [0.5, 0.6) is 0 Å². The fraction of sp³-hybridized carbons (Fsp3) is 0.118. The van der Waals surface area contributed by atoms with Gasteiger partial charge in [0.2, 0.25) is 5.91 Å². The number of nitrogens with one attached hydrogen (secondary N) is 2. The summed E-state index contributed by atoms with van der Waals surface area (Å²) in [5, 5.41) is 13.7. The van der Waals surface area contributed by atoms with E-state index in [2.05, 4.69) is 10.6 Å². The van der Waals surface area contributed by atoms with Crippen molar-refractivity contribution in [1.82, 2.24) is 5.32 Å². The smallest absolute Gasteiger partial charge is 0.238 e. The van der Waals surface area contributed by atoms with Gasteiger partial charge in [-0.2, -0.15) is 5.26 Å². The molecule has 0 saturated carbocycles. The zero-order valence-corrected chi connectivity index (χ0v) is 11.9. The van der Waals surface area contributed by atoms with Crippen LogP contribution < -0.4 is 10.6 Å². The highest BCUT2D eigenvalue weighted by molar-refractivity contribution is 6.09. The van der Waals surface area contributed by atoms with Crippen molar-refractivity contribution >= 4 is 17.4 Å². The summed E-state index contributed by atoms with van der Waals surface area (Å²) in [6, 6.07) is 17.6. The van der Waals surface area contributed by atoms with Gasteiger partial charge < -0.3 is 5.32 Å². The third kappa shape index (κ3) is 4.27. The monoisotopic (exact) mass is 293 g/mol. The fourth-order valence-electron chi connectivity index (χ4n) is 1.90. The first-order chi connectivity index (χ1) is 10.7. The highest BCUT2D eigenvalue weighted by Crippen LogP contribution is 2.13. The first-order valence-corrected chi connectivity index (χ1v) is 6.78. The molecular weight excluding hydrogens is 278 g/mol. The molecule has 2 N–H and O–H groups in total. The second-order valence-electron chi connectivity index (χ2n) is 4.58. The number of ketones is 1. The number of nitriles is 1. The lowest BCUT2D eigenvalue weighted by atomic mass is 10.0. The second kappa shape index (κ2) is 7.72. The molecule has 2 aromatic rings. The summed E-state index contributed by atoms with van der Waals surface area (Å²) in [5.41, 5.74) is 1.79. The van der Waals surface area contributed by atoms with E-state index in [0.29, 0.717) is 16.8 Å².